The molecule has 2 aliphatic heterocycles. The lowest BCUT2D eigenvalue weighted by Crippen LogP contribution is -2.51. The third kappa shape index (κ3) is 2.57. The largest absolute Gasteiger partial charge is 0.447 e. The number of hydrogen-bond donors (Lipinski definition) is 0. The standard InChI is InChI=1S/C18H20N2O4/c1-11-5-15-13(7-17(21)24-16(15)6-12(11)2)8-19-3-4-20-14(9-19)10-23-18(20)22/h5-7,14H,3-4,8-10H2,1-2H3. The SMILES string of the molecule is Cc1cc2oc(=O)cc(CN3CCN4C(=O)OCC4C3)c2cc1C. The number of cyclic esters (lactones) is 1. The molecule has 1 aromatic carbocycles. The van der Waals surface area contributed by atoms with Crippen LogP contribution in [-0.4, -0.2) is 48.2 Å². The number of piperazine rings is 1. The van der Waals surface area contributed by atoms with Crippen molar-refractivity contribution in [2.24, 2.45) is 0 Å². The molecular formula is C18H20N2O4. The van der Waals surface area contributed by atoms with Crippen molar-refractivity contribution in [3.05, 3.63) is 45.3 Å². The fourth-order valence-corrected chi connectivity index (χ4v) is 3.55. The highest BCUT2D eigenvalue weighted by Crippen LogP contribution is 2.24. The molecule has 6 heteroatoms. The molecule has 0 radical (unpaired) electrons. The van der Waals surface area contributed by atoms with Gasteiger partial charge in [0.05, 0.1) is 6.04 Å². The van der Waals surface area contributed by atoms with Crippen molar-refractivity contribution in [3.8, 4) is 0 Å². The number of carbonyl (C=O) groups excluding carboxylic acids is 1. The molecular weight excluding hydrogens is 308 g/mol. The molecule has 4 rings (SSSR count). The molecule has 1 aromatic heterocycles. The topological polar surface area (TPSA) is 63.0 Å². The van der Waals surface area contributed by atoms with E-state index in [1.807, 2.05) is 13.0 Å². The van der Waals surface area contributed by atoms with Crippen molar-refractivity contribution in [1.82, 2.24) is 9.80 Å². The highest BCUT2D eigenvalue weighted by molar-refractivity contribution is 5.81. The Kier molecular flexibility index (Phi) is 3.57. The molecule has 2 aromatic rings. The zero-order valence-corrected chi connectivity index (χ0v) is 13.9. The first kappa shape index (κ1) is 15.2. The zero-order valence-electron chi connectivity index (χ0n) is 13.9. The van der Waals surface area contributed by atoms with Crippen molar-refractivity contribution in [3.63, 3.8) is 0 Å². The van der Waals surface area contributed by atoms with Gasteiger partial charge in [0.2, 0.25) is 0 Å². The summed E-state index contributed by atoms with van der Waals surface area (Å²) in [5, 5.41) is 0.985. The van der Waals surface area contributed by atoms with E-state index in [1.165, 1.54) is 5.56 Å². The van der Waals surface area contributed by atoms with Gasteiger partial charge < -0.3 is 9.15 Å². The summed E-state index contributed by atoms with van der Waals surface area (Å²) >= 11 is 0. The Bertz CT molecular complexity index is 873. The summed E-state index contributed by atoms with van der Waals surface area (Å²) in [5.41, 5.74) is 3.58. The number of carbonyl (C=O) groups is 1. The molecule has 2 fully saturated rings. The molecule has 1 atom stereocenters. The molecule has 0 spiro atoms. The number of amides is 1. The Hall–Kier alpha value is -2.34. The van der Waals surface area contributed by atoms with Crippen LogP contribution in [-0.2, 0) is 11.3 Å². The Labute approximate surface area is 139 Å². The van der Waals surface area contributed by atoms with Crippen molar-refractivity contribution in [1.29, 1.82) is 0 Å². The maximum atomic E-state index is 11.9. The minimum Gasteiger partial charge on any atom is -0.447 e. The quantitative estimate of drug-likeness (QED) is 0.790. The fourth-order valence-electron chi connectivity index (χ4n) is 3.55. The highest BCUT2D eigenvalue weighted by Gasteiger charge is 2.37. The van der Waals surface area contributed by atoms with E-state index in [4.69, 9.17) is 9.15 Å². The summed E-state index contributed by atoms with van der Waals surface area (Å²) in [6.45, 7) is 7.40. The molecule has 0 saturated carbocycles. The molecule has 126 valence electrons. The minimum atomic E-state index is -0.321. The Morgan fingerprint density at radius 3 is 2.75 bits per heavy atom. The van der Waals surface area contributed by atoms with E-state index in [9.17, 15) is 9.59 Å². The van der Waals surface area contributed by atoms with E-state index in [0.29, 0.717) is 25.3 Å². The summed E-state index contributed by atoms with van der Waals surface area (Å²) in [6.07, 6.45) is -0.212. The molecule has 0 N–H and O–H groups in total. The van der Waals surface area contributed by atoms with Crippen LogP contribution in [0, 0.1) is 13.8 Å². The van der Waals surface area contributed by atoms with Crippen LogP contribution in [0.5, 0.6) is 0 Å². The number of rotatable bonds is 2. The molecule has 1 unspecified atom stereocenters. The smallest absolute Gasteiger partial charge is 0.410 e. The van der Waals surface area contributed by atoms with Gasteiger partial charge in [-0.05, 0) is 42.7 Å². The average Bonchev–Trinajstić information content (AvgIpc) is 2.90. The molecule has 2 saturated heterocycles. The van der Waals surface area contributed by atoms with Gasteiger partial charge in [-0.1, -0.05) is 0 Å². The van der Waals surface area contributed by atoms with Crippen LogP contribution in [0.3, 0.4) is 0 Å². The van der Waals surface area contributed by atoms with Crippen molar-refractivity contribution in [2.75, 3.05) is 26.2 Å². The van der Waals surface area contributed by atoms with Crippen molar-refractivity contribution >= 4 is 17.1 Å². The predicted octanol–water partition coefficient (Wildman–Crippen LogP) is 2.05. The maximum Gasteiger partial charge on any atom is 0.410 e. The van der Waals surface area contributed by atoms with E-state index in [1.54, 1.807) is 11.0 Å². The predicted molar refractivity (Wildman–Crippen MR) is 89.1 cm³/mol. The van der Waals surface area contributed by atoms with Crippen LogP contribution in [0.4, 0.5) is 4.79 Å². The van der Waals surface area contributed by atoms with Crippen LogP contribution in [0.2, 0.25) is 0 Å². The van der Waals surface area contributed by atoms with Gasteiger partial charge in [-0.25, -0.2) is 9.59 Å². The van der Waals surface area contributed by atoms with Gasteiger partial charge >= 0.3 is 11.7 Å². The lowest BCUT2D eigenvalue weighted by molar-refractivity contribution is 0.115. The number of nitrogens with zero attached hydrogens (tertiary/aromatic N) is 2. The van der Waals surface area contributed by atoms with E-state index in [2.05, 4.69) is 17.9 Å². The summed E-state index contributed by atoms with van der Waals surface area (Å²) < 4.78 is 10.5. The summed E-state index contributed by atoms with van der Waals surface area (Å²) in [6, 6.07) is 5.71. The van der Waals surface area contributed by atoms with Crippen LogP contribution in [0.1, 0.15) is 16.7 Å². The molecule has 3 heterocycles. The third-order valence-electron chi connectivity index (χ3n) is 5.04. The van der Waals surface area contributed by atoms with Crippen LogP contribution >= 0.6 is 0 Å². The molecule has 1 amide bonds. The van der Waals surface area contributed by atoms with E-state index in [0.717, 1.165) is 29.6 Å². The van der Waals surface area contributed by atoms with Gasteiger partial charge in [-0.2, -0.15) is 0 Å². The minimum absolute atomic E-state index is 0.113. The van der Waals surface area contributed by atoms with Gasteiger partial charge in [0, 0.05) is 37.6 Å². The second-order valence-electron chi connectivity index (χ2n) is 6.68. The lowest BCUT2D eigenvalue weighted by Gasteiger charge is -2.35. The summed E-state index contributed by atoms with van der Waals surface area (Å²) in [5.74, 6) is 0. The average molecular weight is 328 g/mol. The van der Waals surface area contributed by atoms with E-state index < -0.39 is 0 Å². The number of aryl methyl sites for hydroxylation is 2. The molecule has 6 nitrogen and oxygen atoms in total. The van der Waals surface area contributed by atoms with Crippen LogP contribution in [0.25, 0.3) is 11.0 Å². The third-order valence-corrected chi connectivity index (χ3v) is 5.04. The van der Waals surface area contributed by atoms with Gasteiger partial charge in [0.25, 0.3) is 0 Å². The number of fused-ring (bicyclic) bond motifs is 2. The first-order valence-corrected chi connectivity index (χ1v) is 8.21. The Morgan fingerprint density at radius 2 is 1.92 bits per heavy atom. The van der Waals surface area contributed by atoms with Gasteiger partial charge in [-0.15, -0.1) is 0 Å². The Morgan fingerprint density at radius 1 is 1.12 bits per heavy atom. The molecule has 0 bridgehead atoms. The number of ether oxygens (including phenoxy) is 1. The number of hydrogen-bond acceptors (Lipinski definition) is 5. The first-order chi connectivity index (χ1) is 11.5. The highest BCUT2D eigenvalue weighted by atomic mass is 16.6. The molecule has 2 aliphatic rings. The maximum absolute atomic E-state index is 11.9. The molecule has 0 aliphatic carbocycles. The van der Waals surface area contributed by atoms with Gasteiger partial charge in [-0.3, -0.25) is 9.80 Å². The van der Waals surface area contributed by atoms with Crippen molar-refractivity contribution in [2.45, 2.75) is 26.4 Å². The second-order valence-corrected chi connectivity index (χ2v) is 6.68. The van der Waals surface area contributed by atoms with Crippen LogP contribution < -0.4 is 5.63 Å². The van der Waals surface area contributed by atoms with Crippen molar-refractivity contribution < 1.29 is 13.9 Å². The zero-order chi connectivity index (χ0) is 16.8. The lowest BCUT2D eigenvalue weighted by atomic mass is 10.0. The Balaban J connectivity index is 1.64. The van der Waals surface area contributed by atoms with Gasteiger partial charge in [0.15, 0.2) is 0 Å². The first-order valence-electron chi connectivity index (χ1n) is 8.21. The summed E-state index contributed by atoms with van der Waals surface area (Å²) in [7, 11) is 0. The monoisotopic (exact) mass is 328 g/mol. The fraction of sp³-hybridized carbons (Fsp3) is 0.444. The van der Waals surface area contributed by atoms with E-state index in [-0.39, 0.29) is 17.8 Å². The summed E-state index contributed by atoms with van der Waals surface area (Å²) in [4.78, 5) is 27.6. The van der Waals surface area contributed by atoms with Gasteiger partial charge in [0.1, 0.15) is 12.2 Å². The van der Waals surface area contributed by atoms with Crippen LogP contribution in [0.15, 0.2) is 27.4 Å². The molecule has 24 heavy (non-hydrogen) atoms. The number of benzene rings is 1. The normalized spacial score (nSPS) is 21.2. The second kappa shape index (κ2) is 5.63. The van der Waals surface area contributed by atoms with E-state index >= 15 is 0 Å².